The Balaban J connectivity index is 2.70. The minimum Gasteiger partial charge on any atom is -0.398 e. The highest BCUT2D eigenvalue weighted by molar-refractivity contribution is 6.34. The first kappa shape index (κ1) is 14.3. The van der Waals surface area contributed by atoms with E-state index in [0.29, 0.717) is 6.54 Å². The van der Waals surface area contributed by atoms with Crippen molar-refractivity contribution in [2.45, 2.75) is 6.92 Å². The summed E-state index contributed by atoms with van der Waals surface area (Å²) in [6.07, 6.45) is 0. The second-order valence-corrected chi connectivity index (χ2v) is 4.20. The Hall–Kier alpha value is -1.75. The van der Waals surface area contributed by atoms with Gasteiger partial charge in [-0.2, -0.15) is 0 Å². The van der Waals surface area contributed by atoms with Crippen LogP contribution in [0.4, 0.5) is 5.69 Å². The summed E-state index contributed by atoms with van der Waals surface area (Å²) in [6, 6.07) is 4.82. The van der Waals surface area contributed by atoms with Crippen molar-refractivity contribution in [1.82, 2.24) is 10.2 Å². The molecule has 0 aliphatic carbocycles. The van der Waals surface area contributed by atoms with Crippen molar-refractivity contribution in [3.05, 3.63) is 28.8 Å². The fourth-order valence-corrected chi connectivity index (χ4v) is 1.60. The molecule has 5 nitrogen and oxygen atoms in total. The van der Waals surface area contributed by atoms with Crippen molar-refractivity contribution in [2.75, 3.05) is 25.9 Å². The molecule has 0 fully saturated rings. The Morgan fingerprint density at radius 2 is 2.11 bits per heavy atom. The second kappa shape index (κ2) is 6.26. The lowest BCUT2D eigenvalue weighted by atomic mass is 10.1. The van der Waals surface area contributed by atoms with E-state index in [9.17, 15) is 9.59 Å². The maximum Gasteiger partial charge on any atom is 0.255 e. The molecule has 0 bridgehead atoms. The number of amides is 2. The third kappa shape index (κ3) is 3.37. The molecule has 0 aliphatic heterocycles. The van der Waals surface area contributed by atoms with E-state index in [4.69, 9.17) is 17.3 Å². The molecule has 0 unspecified atom stereocenters. The Morgan fingerprint density at radius 1 is 1.44 bits per heavy atom. The molecular weight excluding hydrogens is 254 g/mol. The number of carbonyl (C=O) groups excluding carboxylic acids is 2. The van der Waals surface area contributed by atoms with Gasteiger partial charge in [0.05, 0.1) is 17.1 Å². The molecule has 0 atom stereocenters. The van der Waals surface area contributed by atoms with Gasteiger partial charge in [-0.15, -0.1) is 0 Å². The van der Waals surface area contributed by atoms with Crippen LogP contribution in [0.15, 0.2) is 18.2 Å². The van der Waals surface area contributed by atoms with Gasteiger partial charge in [-0.05, 0) is 19.1 Å². The highest BCUT2D eigenvalue weighted by Gasteiger charge is 2.15. The van der Waals surface area contributed by atoms with Crippen LogP contribution in [0.25, 0.3) is 0 Å². The molecule has 1 aromatic carbocycles. The van der Waals surface area contributed by atoms with E-state index in [2.05, 4.69) is 5.32 Å². The number of hydrogen-bond donors (Lipinski definition) is 2. The van der Waals surface area contributed by atoms with Crippen LogP contribution in [0.5, 0.6) is 0 Å². The standard InChI is InChI=1S/C12H16ClN3O2/c1-3-16(2)10(17)7-15-12(18)11-8(13)5-4-6-9(11)14/h4-6H,3,7,14H2,1-2H3,(H,15,18). The molecule has 0 aromatic heterocycles. The van der Waals surface area contributed by atoms with Crippen LogP contribution in [0.2, 0.25) is 5.02 Å². The van der Waals surface area contributed by atoms with E-state index < -0.39 is 5.91 Å². The number of hydrogen-bond acceptors (Lipinski definition) is 3. The molecule has 0 radical (unpaired) electrons. The molecule has 0 heterocycles. The first-order valence-electron chi connectivity index (χ1n) is 5.53. The van der Waals surface area contributed by atoms with Crippen LogP contribution in [0.3, 0.4) is 0 Å². The molecule has 6 heteroatoms. The molecule has 0 aliphatic rings. The number of halogens is 1. The molecule has 2 amide bonds. The Kier molecular flexibility index (Phi) is 4.97. The Labute approximate surface area is 111 Å². The summed E-state index contributed by atoms with van der Waals surface area (Å²) in [4.78, 5) is 24.9. The maximum atomic E-state index is 11.9. The van der Waals surface area contributed by atoms with E-state index in [-0.39, 0.29) is 28.7 Å². The van der Waals surface area contributed by atoms with Crippen molar-refractivity contribution in [3.63, 3.8) is 0 Å². The van der Waals surface area contributed by atoms with Gasteiger partial charge in [0.15, 0.2) is 0 Å². The zero-order valence-electron chi connectivity index (χ0n) is 10.4. The van der Waals surface area contributed by atoms with Gasteiger partial charge >= 0.3 is 0 Å². The predicted molar refractivity (Wildman–Crippen MR) is 71.5 cm³/mol. The monoisotopic (exact) mass is 269 g/mol. The fraction of sp³-hybridized carbons (Fsp3) is 0.333. The molecule has 0 saturated heterocycles. The van der Waals surface area contributed by atoms with Gasteiger partial charge in [-0.25, -0.2) is 0 Å². The smallest absolute Gasteiger partial charge is 0.255 e. The lowest BCUT2D eigenvalue weighted by Gasteiger charge is -2.15. The molecule has 1 rings (SSSR count). The molecule has 3 N–H and O–H groups in total. The number of likely N-dealkylation sites (N-methyl/N-ethyl adjacent to an activating group) is 1. The highest BCUT2D eigenvalue weighted by atomic mass is 35.5. The summed E-state index contributed by atoms with van der Waals surface area (Å²) < 4.78 is 0. The summed E-state index contributed by atoms with van der Waals surface area (Å²) in [7, 11) is 1.67. The topological polar surface area (TPSA) is 75.4 Å². The number of rotatable bonds is 4. The number of anilines is 1. The zero-order chi connectivity index (χ0) is 13.7. The van der Waals surface area contributed by atoms with Crippen LogP contribution >= 0.6 is 11.6 Å². The SMILES string of the molecule is CCN(C)C(=O)CNC(=O)c1c(N)cccc1Cl. The van der Waals surface area contributed by atoms with E-state index in [1.807, 2.05) is 6.92 Å². The minimum atomic E-state index is -0.448. The van der Waals surface area contributed by atoms with Crippen LogP contribution in [0.1, 0.15) is 17.3 Å². The average Bonchev–Trinajstić information content (AvgIpc) is 2.34. The minimum absolute atomic E-state index is 0.0756. The van der Waals surface area contributed by atoms with Gasteiger partial charge in [0.25, 0.3) is 5.91 Å². The number of nitrogen functional groups attached to an aromatic ring is 1. The average molecular weight is 270 g/mol. The van der Waals surface area contributed by atoms with Gasteiger partial charge < -0.3 is 16.0 Å². The number of nitrogens with one attached hydrogen (secondary N) is 1. The summed E-state index contributed by atoms with van der Waals surface area (Å²) in [5, 5.41) is 2.77. The molecule has 0 spiro atoms. The van der Waals surface area contributed by atoms with Crippen LogP contribution in [0, 0.1) is 0 Å². The zero-order valence-corrected chi connectivity index (χ0v) is 11.1. The van der Waals surface area contributed by atoms with Crippen LogP contribution in [-0.2, 0) is 4.79 Å². The summed E-state index contributed by atoms with van der Waals surface area (Å²) in [6.45, 7) is 2.36. The van der Waals surface area contributed by atoms with Gasteiger partial charge in [0.2, 0.25) is 5.91 Å². The van der Waals surface area contributed by atoms with Crippen molar-refractivity contribution in [3.8, 4) is 0 Å². The number of nitrogens with two attached hydrogens (primary N) is 1. The first-order chi connectivity index (χ1) is 8.47. The molecule has 1 aromatic rings. The quantitative estimate of drug-likeness (QED) is 0.805. The van der Waals surface area contributed by atoms with Gasteiger partial charge in [0.1, 0.15) is 0 Å². The van der Waals surface area contributed by atoms with Crippen LogP contribution in [-0.4, -0.2) is 36.9 Å². The summed E-state index contributed by atoms with van der Waals surface area (Å²) >= 11 is 5.89. The van der Waals surface area contributed by atoms with Gasteiger partial charge in [-0.3, -0.25) is 9.59 Å². The third-order valence-corrected chi connectivity index (χ3v) is 2.89. The number of nitrogens with zero attached hydrogens (tertiary/aromatic N) is 1. The normalized spacial score (nSPS) is 9.94. The summed E-state index contributed by atoms with van der Waals surface area (Å²) in [5.74, 6) is -0.618. The van der Waals surface area contributed by atoms with E-state index in [0.717, 1.165) is 0 Å². The second-order valence-electron chi connectivity index (χ2n) is 3.79. The van der Waals surface area contributed by atoms with Crippen molar-refractivity contribution in [2.24, 2.45) is 0 Å². The van der Waals surface area contributed by atoms with E-state index >= 15 is 0 Å². The Morgan fingerprint density at radius 3 is 2.67 bits per heavy atom. The van der Waals surface area contributed by atoms with Crippen molar-refractivity contribution >= 4 is 29.1 Å². The Bertz CT molecular complexity index is 442. The molecule has 0 saturated carbocycles. The van der Waals surface area contributed by atoms with Gasteiger partial charge in [0, 0.05) is 19.3 Å². The fourth-order valence-electron chi connectivity index (χ4n) is 1.34. The van der Waals surface area contributed by atoms with Crippen molar-refractivity contribution < 1.29 is 9.59 Å². The lowest BCUT2D eigenvalue weighted by Crippen LogP contribution is -2.38. The first-order valence-corrected chi connectivity index (χ1v) is 5.91. The summed E-state index contributed by atoms with van der Waals surface area (Å²) in [5.41, 5.74) is 6.16. The largest absolute Gasteiger partial charge is 0.398 e. The van der Waals surface area contributed by atoms with E-state index in [1.165, 1.54) is 4.90 Å². The maximum absolute atomic E-state index is 11.9. The highest BCUT2D eigenvalue weighted by Crippen LogP contribution is 2.21. The van der Waals surface area contributed by atoms with Crippen molar-refractivity contribution in [1.29, 1.82) is 0 Å². The van der Waals surface area contributed by atoms with Crippen LogP contribution < -0.4 is 11.1 Å². The van der Waals surface area contributed by atoms with Gasteiger partial charge in [-0.1, -0.05) is 17.7 Å². The molecular formula is C12H16ClN3O2. The molecule has 18 heavy (non-hydrogen) atoms. The molecule has 98 valence electrons. The number of carbonyl (C=O) groups is 2. The lowest BCUT2D eigenvalue weighted by molar-refractivity contribution is -0.128. The predicted octanol–water partition coefficient (Wildman–Crippen LogP) is 1.13. The third-order valence-electron chi connectivity index (χ3n) is 2.57. The van der Waals surface area contributed by atoms with E-state index in [1.54, 1.807) is 25.2 Å². The number of benzene rings is 1.